The Kier molecular flexibility index (Phi) is 10.9. The average Bonchev–Trinajstić information content (AvgIpc) is 3.13. The number of benzene rings is 1. The lowest BCUT2D eigenvalue weighted by Crippen LogP contribution is -2.33. The van der Waals surface area contributed by atoms with Crippen LogP contribution < -0.4 is 4.74 Å². The first kappa shape index (κ1) is 27.6. The molecular formula is C27H38F2O6. The normalized spacial score (nSPS) is 27.3. The van der Waals surface area contributed by atoms with Crippen LogP contribution >= 0.6 is 0 Å². The SMILES string of the molecule is O=C(O)CCC/C=C\C[C@@H]1[C@@H](CCC(F)(F)COc2ccccc2)[C@H](OC2CCCCO2)C[C@@H]1O. The molecule has 8 heteroatoms. The van der Waals surface area contributed by atoms with Crippen molar-refractivity contribution in [1.29, 1.82) is 0 Å². The topological polar surface area (TPSA) is 85.2 Å². The number of hydrogen-bond acceptors (Lipinski definition) is 5. The number of aliphatic carboxylic acids is 1. The lowest BCUT2D eigenvalue weighted by atomic mass is 9.86. The van der Waals surface area contributed by atoms with Crippen molar-refractivity contribution in [2.24, 2.45) is 11.8 Å². The molecule has 0 bridgehead atoms. The first-order chi connectivity index (χ1) is 16.8. The Hall–Kier alpha value is -2.03. The fraction of sp³-hybridized carbons (Fsp3) is 0.667. The summed E-state index contributed by atoms with van der Waals surface area (Å²) in [5, 5.41) is 19.5. The maximum Gasteiger partial charge on any atom is 0.303 e. The molecule has 0 aromatic heterocycles. The van der Waals surface area contributed by atoms with E-state index in [1.807, 2.05) is 12.2 Å². The van der Waals surface area contributed by atoms with Gasteiger partial charge in [-0.05, 0) is 68.9 Å². The lowest BCUT2D eigenvalue weighted by molar-refractivity contribution is -0.197. The predicted molar refractivity (Wildman–Crippen MR) is 127 cm³/mol. The van der Waals surface area contributed by atoms with E-state index in [1.54, 1.807) is 30.3 Å². The Morgan fingerprint density at radius 3 is 2.69 bits per heavy atom. The van der Waals surface area contributed by atoms with Crippen LogP contribution in [0.15, 0.2) is 42.5 Å². The largest absolute Gasteiger partial charge is 0.487 e. The Bertz CT molecular complexity index is 781. The molecule has 5 atom stereocenters. The molecule has 2 aliphatic rings. The van der Waals surface area contributed by atoms with Gasteiger partial charge in [0.25, 0.3) is 5.92 Å². The second kappa shape index (κ2) is 13.9. The molecule has 0 amide bonds. The fourth-order valence-corrected chi connectivity index (χ4v) is 4.95. The summed E-state index contributed by atoms with van der Waals surface area (Å²) in [4.78, 5) is 10.7. The number of ether oxygens (including phenoxy) is 3. The summed E-state index contributed by atoms with van der Waals surface area (Å²) in [6.45, 7) is -0.0697. The van der Waals surface area contributed by atoms with Gasteiger partial charge in [-0.1, -0.05) is 30.4 Å². The van der Waals surface area contributed by atoms with E-state index < -0.39 is 24.6 Å². The van der Waals surface area contributed by atoms with E-state index in [0.717, 1.165) is 19.3 Å². The minimum atomic E-state index is -3.01. The molecule has 0 spiro atoms. The number of aliphatic hydroxyl groups excluding tert-OH is 1. The third kappa shape index (κ3) is 9.50. The van der Waals surface area contributed by atoms with Crippen molar-refractivity contribution in [3.8, 4) is 5.75 Å². The van der Waals surface area contributed by atoms with Crippen LogP contribution in [-0.2, 0) is 14.3 Å². The zero-order valence-corrected chi connectivity index (χ0v) is 20.2. The number of carboxylic acid groups (broad SMARTS) is 1. The first-order valence-electron chi connectivity index (χ1n) is 12.7. The van der Waals surface area contributed by atoms with Crippen LogP contribution in [0, 0.1) is 11.8 Å². The van der Waals surface area contributed by atoms with Crippen molar-refractivity contribution in [3.63, 3.8) is 0 Å². The third-order valence-electron chi connectivity index (χ3n) is 6.83. The molecule has 2 fully saturated rings. The van der Waals surface area contributed by atoms with Gasteiger partial charge in [0.1, 0.15) is 5.75 Å². The Balaban J connectivity index is 1.58. The Labute approximate surface area is 206 Å². The van der Waals surface area contributed by atoms with Gasteiger partial charge in [0, 0.05) is 25.9 Å². The van der Waals surface area contributed by atoms with Gasteiger partial charge in [-0.25, -0.2) is 8.78 Å². The number of halogens is 2. The number of aliphatic hydroxyl groups is 1. The van der Waals surface area contributed by atoms with E-state index in [0.29, 0.717) is 38.0 Å². The van der Waals surface area contributed by atoms with Crippen molar-refractivity contribution in [2.75, 3.05) is 13.2 Å². The van der Waals surface area contributed by atoms with Crippen molar-refractivity contribution in [1.82, 2.24) is 0 Å². The summed E-state index contributed by atoms with van der Waals surface area (Å²) in [6.07, 6.45) is 7.32. The van der Waals surface area contributed by atoms with E-state index in [-0.39, 0.29) is 43.5 Å². The fourth-order valence-electron chi connectivity index (χ4n) is 4.95. The molecule has 6 nitrogen and oxygen atoms in total. The van der Waals surface area contributed by atoms with Crippen LogP contribution in [0.3, 0.4) is 0 Å². The predicted octanol–water partition coefficient (Wildman–Crippen LogP) is 5.59. The van der Waals surface area contributed by atoms with Crippen molar-refractivity contribution < 1.29 is 38.0 Å². The molecule has 1 saturated heterocycles. The second-order valence-electron chi connectivity index (χ2n) is 9.59. The highest BCUT2D eigenvalue weighted by atomic mass is 19.3. The van der Waals surface area contributed by atoms with E-state index >= 15 is 0 Å². The molecule has 2 N–H and O–H groups in total. The Morgan fingerprint density at radius 2 is 1.97 bits per heavy atom. The minimum Gasteiger partial charge on any atom is -0.487 e. The van der Waals surface area contributed by atoms with Crippen LogP contribution in [0.4, 0.5) is 8.78 Å². The van der Waals surface area contributed by atoms with Gasteiger partial charge < -0.3 is 24.4 Å². The number of allylic oxidation sites excluding steroid dienone is 2. The Morgan fingerprint density at radius 1 is 1.17 bits per heavy atom. The molecule has 1 aromatic carbocycles. The van der Waals surface area contributed by atoms with Gasteiger partial charge in [0.2, 0.25) is 0 Å². The zero-order valence-electron chi connectivity index (χ0n) is 20.2. The number of para-hydroxylation sites is 1. The summed E-state index contributed by atoms with van der Waals surface area (Å²) in [5.74, 6) is -3.87. The maximum absolute atomic E-state index is 14.7. The summed E-state index contributed by atoms with van der Waals surface area (Å²) in [7, 11) is 0. The van der Waals surface area contributed by atoms with E-state index in [2.05, 4.69) is 0 Å². The summed E-state index contributed by atoms with van der Waals surface area (Å²) < 4.78 is 46.6. The summed E-state index contributed by atoms with van der Waals surface area (Å²) >= 11 is 0. The smallest absolute Gasteiger partial charge is 0.303 e. The van der Waals surface area contributed by atoms with E-state index in [9.17, 15) is 18.7 Å². The maximum atomic E-state index is 14.7. The summed E-state index contributed by atoms with van der Waals surface area (Å²) in [6, 6.07) is 8.57. The van der Waals surface area contributed by atoms with Crippen molar-refractivity contribution >= 4 is 5.97 Å². The molecule has 1 aliphatic carbocycles. The quantitative estimate of drug-likeness (QED) is 0.258. The molecule has 196 valence electrons. The number of rotatable bonds is 14. The van der Waals surface area contributed by atoms with Crippen LogP contribution in [-0.4, -0.2) is 53.8 Å². The average molecular weight is 497 g/mol. The molecule has 1 aromatic rings. The van der Waals surface area contributed by atoms with E-state index in [4.69, 9.17) is 19.3 Å². The zero-order chi connectivity index (χ0) is 25.1. The van der Waals surface area contributed by atoms with E-state index in [1.165, 1.54) is 0 Å². The molecular weight excluding hydrogens is 458 g/mol. The number of carboxylic acids is 1. The summed E-state index contributed by atoms with van der Waals surface area (Å²) in [5.41, 5.74) is 0. The van der Waals surface area contributed by atoms with Crippen LogP contribution in [0.2, 0.25) is 0 Å². The number of hydrogen-bond donors (Lipinski definition) is 2. The van der Waals surface area contributed by atoms with Crippen LogP contribution in [0.5, 0.6) is 5.75 Å². The molecule has 1 heterocycles. The standard InChI is InChI=1S/C27H38F2O6/c28-27(29,19-34-20-10-4-3-5-11-20)16-15-22-21(12-6-1-2-7-13-25(31)32)23(30)18-24(22)35-26-14-8-9-17-33-26/h1,3-6,10-11,21-24,26,30H,2,7-9,12-19H2,(H,31,32)/b6-1-/t21-,22-,23+,24-,26?/m1/s1. The van der Waals surface area contributed by atoms with Crippen LogP contribution in [0.25, 0.3) is 0 Å². The molecule has 0 radical (unpaired) electrons. The molecule has 3 rings (SSSR count). The molecule has 1 unspecified atom stereocenters. The monoisotopic (exact) mass is 496 g/mol. The molecule has 1 aliphatic heterocycles. The first-order valence-corrected chi connectivity index (χ1v) is 12.7. The number of carbonyl (C=O) groups is 1. The second-order valence-corrected chi connectivity index (χ2v) is 9.59. The highest BCUT2D eigenvalue weighted by molar-refractivity contribution is 5.66. The van der Waals surface area contributed by atoms with Gasteiger partial charge >= 0.3 is 5.97 Å². The highest BCUT2D eigenvalue weighted by Crippen LogP contribution is 2.42. The van der Waals surface area contributed by atoms with Gasteiger partial charge in [-0.15, -0.1) is 0 Å². The number of alkyl halides is 2. The van der Waals surface area contributed by atoms with Gasteiger partial charge in [0.15, 0.2) is 12.9 Å². The number of unbranched alkanes of at least 4 members (excludes halogenated alkanes) is 1. The molecule has 1 saturated carbocycles. The van der Waals surface area contributed by atoms with Crippen molar-refractivity contribution in [3.05, 3.63) is 42.5 Å². The van der Waals surface area contributed by atoms with Crippen molar-refractivity contribution in [2.45, 2.75) is 88.6 Å². The van der Waals surface area contributed by atoms with Crippen LogP contribution in [0.1, 0.15) is 64.2 Å². The van der Waals surface area contributed by atoms with Gasteiger partial charge in [-0.2, -0.15) is 0 Å². The highest BCUT2D eigenvalue weighted by Gasteiger charge is 2.45. The lowest BCUT2D eigenvalue weighted by Gasteiger charge is -2.31. The molecule has 35 heavy (non-hydrogen) atoms. The minimum absolute atomic E-state index is 0.108. The van der Waals surface area contributed by atoms with Gasteiger partial charge in [0.05, 0.1) is 12.2 Å². The van der Waals surface area contributed by atoms with Gasteiger partial charge in [-0.3, -0.25) is 4.79 Å². The third-order valence-corrected chi connectivity index (χ3v) is 6.83.